The Kier molecular flexibility index (Phi) is 9.38. The Morgan fingerprint density at radius 3 is 2.26 bits per heavy atom. The minimum atomic E-state index is -0.567. The minimum absolute atomic E-state index is 0.0934. The van der Waals surface area contributed by atoms with Gasteiger partial charge in [-0.25, -0.2) is 0 Å². The third kappa shape index (κ3) is 7.92. The van der Waals surface area contributed by atoms with E-state index in [-0.39, 0.29) is 30.2 Å². The molecule has 0 aliphatic heterocycles. The number of amides is 1. The molecule has 0 saturated heterocycles. The van der Waals surface area contributed by atoms with Crippen LogP contribution in [0.25, 0.3) is 0 Å². The molecule has 0 radical (unpaired) electrons. The second kappa shape index (κ2) is 9.89. The lowest BCUT2D eigenvalue weighted by Crippen LogP contribution is -2.41. The molecule has 3 unspecified atom stereocenters. The zero-order valence-corrected chi connectivity index (χ0v) is 12.3. The van der Waals surface area contributed by atoms with Crippen LogP contribution in [0.15, 0.2) is 0 Å². The predicted octanol–water partition coefficient (Wildman–Crippen LogP) is -0.581. The van der Waals surface area contributed by atoms with Gasteiger partial charge < -0.3 is 21.1 Å². The van der Waals surface area contributed by atoms with Gasteiger partial charge in [0.05, 0.1) is 12.1 Å². The lowest BCUT2D eigenvalue weighted by atomic mass is 10.1. The quantitative estimate of drug-likeness (QED) is 0.400. The summed E-state index contributed by atoms with van der Waals surface area (Å²) in [5.41, 5.74) is 0. The van der Waals surface area contributed by atoms with E-state index in [1.165, 1.54) is 0 Å². The van der Waals surface area contributed by atoms with Gasteiger partial charge in [-0.1, -0.05) is 0 Å². The van der Waals surface area contributed by atoms with E-state index in [1.807, 2.05) is 0 Å². The normalized spacial score (nSPS) is 15.6. The molecule has 0 aliphatic carbocycles. The number of nitrogens with one attached hydrogen (secondary N) is 3. The van der Waals surface area contributed by atoms with Crippen LogP contribution >= 0.6 is 0 Å². The zero-order chi connectivity index (χ0) is 14.8. The van der Waals surface area contributed by atoms with Crippen LogP contribution in [0.3, 0.4) is 0 Å². The Labute approximate surface area is 115 Å². The molecule has 0 spiro atoms. The van der Waals surface area contributed by atoms with Gasteiger partial charge in [-0.15, -0.1) is 0 Å². The highest BCUT2D eigenvalue weighted by molar-refractivity contribution is 5.81. The highest BCUT2D eigenvalue weighted by Crippen LogP contribution is 2.00. The topological polar surface area (TPSA) is 90.5 Å². The Morgan fingerprint density at radius 1 is 1.21 bits per heavy atom. The lowest BCUT2D eigenvalue weighted by molar-refractivity contribution is -0.122. The molecule has 0 rings (SSSR count). The Hall–Kier alpha value is -0.980. The van der Waals surface area contributed by atoms with Crippen molar-refractivity contribution in [3.05, 3.63) is 0 Å². The number of carbonyl (C=O) groups is 2. The highest BCUT2D eigenvalue weighted by atomic mass is 16.3. The number of Topliss-reactive ketones (excluding diaryl/α,β-unsaturated/α-hetero) is 1. The molecule has 0 bridgehead atoms. The molecule has 6 heteroatoms. The van der Waals surface area contributed by atoms with Gasteiger partial charge in [-0.05, 0) is 40.8 Å². The molecule has 0 aliphatic rings. The summed E-state index contributed by atoms with van der Waals surface area (Å²) in [7, 11) is 3.47. The van der Waals surface area contributed by atoms with Crippen molar-refractivity contribution in [1.82, 2.24) is 16.0 Å². The van der Waals surface area contributed by atoms with E-state index in [0.29, 0.717) is 13.0 Å². The average molecular weight is 273 g/mol. The Bertz CT molecular complexity index is 282. The SMILES string of the molecule is CNC(CCCNC(=O)CC(NC)C(C)O)C(C)=O. The summed E-state index contributed by atoms with van der Waals surface area (Å²) < 4.78 is 0. The molecule has 0 aromatic carbocycles. The Morgan fingerprint density at radius 2 is 1.84 bits per heavy atom. The molecular weight excluding hydrogens is 246 g/mol. The maximum absolute atomic E-state index is 11.6. The molecule has 0 heterocycles. The maximum Gasteiger partial charge on any atom is 0.221 e. The molecule has 112 valence electrons. The van der Waals surface area contributed by atoms with Gasteiger partial charge in [0.2, 0.25) is 5.91 Å². The maximum atomic E-state index is 11.6. The number of ketones is 1. The summed E-state index contributed by atoms with van der Waals surface area (Å²) in [6, 6.07) is -0.373. The molecule has 6 nitrogen and oxygen atoms in total. The number of likely N-dealkylation sites (N-methyl/N-ethyl adjacent to an activating group) is 2. The largest absolute Gasteiger partial charge is 0.392 e. The summed E-state index contributed by atoms with van der Waals surface area (Å²) >= 11 is 0. The second-order valence-electron chi connectivity index (χ2n) is 4.78. The number of aliphatic hydroxyl groups is 1. The summed E-state index contributed by atoms with van der Waals surface area (Å²) in [6.07, 6.45) is 1.13. The van der Waals surface area contributed by atoms with Crippen molar-refractivity contribution in [2.24, 2.45) is 0 Å². The van der Waals surface area contributed by atoms with E-state index in [2.05, 4.69) is 16.0 Å². The van der Waals surface area contributed by atoms with Gasteiger partial charge in [-0.2, -0.15) is 0 Å². The van der Waals surface area contributed by atoms with Gasteiger partial charge in [0.25, 0.3) is 0 Å². The van der Waals surface area contributed by atoms with E-state index >= 15 is 0 Å². The van der Waals surface area contributed by atoms with E-state index in [4.69, 9.17) is 0 Å². The third-order valence-electron chi connectivity index (χ3n) is 3.19. The molecular formula is C13H27N3O3. The first-order valence-corrected chi connectivity index (χ1v) is 6.72. The zero-order valence-electron chi connectivity index (χ0n) is 12.3. The summed E-state index contributed by atoms with van der Waals surface area (Å²) in [5, 5.41) is 18.0. The van der Waals surface area contributed by atoms with Crippen molar-refractivity contribution >= 4 is 11.7 Å². The van der Waals surface area contributed by atoms with Crippen molar-refractivity contribution in [3.8, 4) is 0 Å². The monoisotopic (exact) mass is 273 g/mol. The number of hydrogen-bond acceptors (Lipinski definition) is 5. The molecule has 3 atom stereocenters. The third-order valence-corrected chi connectivity index (χ3v) is 3.19. The predicted molar refractivity (Wildman–Crippen MR) is 74.9 cm³/mol. The molecule has 0 aromatic rings. The van der Waals surface area contributed by atoms with Gasteiger partial charge in [0.1, 0.15) is 5.78 Å². The molecule has 4 N–H and O–H groups in total. The molecule has 0 aromatic heterocycles. The fraction of sp³-hybridized carbons (Fsp3) is 0.846. The number of carbonyl (C=O) groups excluding carboxylic acids is 2. The van der Waals surface area contributed by atoms with Crippen LogP contribution in [-0.2, 0) is 9.59 Å². The highest BCUT2D eigenvalue weighted by Gasteiger charge is 2.16. The van der Waals surface area contributed by atoms with Crippen molar-refractivity contribution in [2.75, 3.05) is 20.6 Å². The van der Waals surface area contributed by atoms with Crippen molar-refractivity contribution in [1.29, 1.82) is 0 Å². The first-order chi connectivity index (χ1) is 8.92. The van der Waals surface area contributed by atoms with Gasteiger partial charge >= 0.3 is 0 Å². The first-order valence-electron chi connectivity index (χ1n) is 6.72. The van der Waals surface area contributed by atoms with Crippen molar-refractivity contribution in [3.63, 3.8) is 0 Å². The van der Waals surface area contributed by atoms with Crippen LogP contribution in [0.1, 0.15) is 33.1 Å². The van der Waals surface area contributed by atoms with E-state index in [0.717, 1.165) is 6.42 Å². The number of rotatable bonds is 10. The summed E-state index contributed by atoms with van der Waals surface area (Å²) in [4.78, 5) is 22.8. The lowest BCUT2D eigenvalue weighted by Gasteiger charge is -2.18. The minimum Gasteiger partial charge on any atom is -0.392 e. The van der Waals surface area contributed by atoms with Gasteiger partial charge in [-0.3, -0.25) is 9.59 Å². The fourth-order valence-corrected chi connectivity index (χ4v) is 1.87. The number of hydrogen-bond donors (Lipinski definition) is 4. The van der Waals surface area contributed by atoms with Crippen LogP contribution in [-0.4, -0.2) is 55.6 Å². The van der Waals surface area contributed by atoms with Crippen molar-refractivity contribution in [2.45, 2.75) is 51.3 Å². The van der Waals surface area contributed by atoms with Crippen LogP contribution in [0.2, 0.25) is 0 Å². The van der Waals surface area contributed by atoms with Crippen LogP contribution in [0.4, 0.5) is 0 Å². The van der Waals surface area contributed by atoms with Crippen molar-refractivity contribution < 1.29 is 14.7 Å². The fourth-order valence-electron chi connectivity index (χ4n) is 1.87. The molecule has 1 amide bonds. The average Bonchev–Trinajstić information content (AvgIpc) is 2.35. The molecule has 19 heavy (non-hydrogen) atoms. The van der Waals surface area contributed by atoms with E-state index < -0.39 is 6.10 Å². The van der Waals surface area contributed by atoms with Crippen LogP contribution in [0.5, 0.6) is 0 Å². The standard InChI is InChI=1S/C13H27N3O3/c1-9(17)11(14-3)6-5-7-16-13(19)8-12(15-4)10(2)18/h10-12,14-15,18H,5-8H2,1-4H3,(H,16,19). The van der Waals surface area contributed by atoms with Gasteiger partial charge in [0, 0.05) is 19.0 Å². The van der Waals surface area contributed by atoms with Crippen LogP contribution < -0.4 is 16.0 Å². The molecule has 0 fully saturated rings. The summed E-state index contributed by atoms with van der Waals surface area (Å²) in [5.74, 6) is 0.0160. The molecule has 0 saturated carbocycles. The van der Waals surface area contributed by atoms with Crippen LogP contribution in [0, 0.1) is 0 Å². The summed E-state index contributed by atoms with van der Waals surface area (Å²) in [6.45, 7) is 3.75. The van der Waals surface area contributed by atoms with Gasteiger partial charge in [0.15, 0.2) is 0 Å². The van der Waals surface area contributed by atoms with E-state index in [9.17, 15) is 14.7 Å². The first kappa shape index (κ1) is 18.0. The smallest absolute Gasteiger partial charge is 0.221 e. The Balaban J connectivity index is 3.83. The second-order valence-corrected chi connectivity index (χ2v) is 4.78. The van der Waals surface area contributed by atoms with E-state index in [1.54, 1.807) is 27.9 Å². The number of aliphatic hydroxyl groups excluding tert-OH is 1.